The van der Waals surface area contributed by atoms with Crippen LogP contribution in [0.5, 0.6) is 11.5 Å². The minimum absolute atomic E-state index is 0.114. The molecule has 0 saturated heterocycles. The maximum absolute atomic E-state index is 9.81. The first-order valence-electron chi connectivity index (χ1n) is 7.88. The van der Waals surface area contributed by atoms with E-state index in [1.165, 1.54) is 0 Å². The minimum Gasteiger partial charge on any atom is -0.508 e. The summed E-state index contributed by atoms with van der Waals surface area (Å²) >= 11 is 0. The van der Waals surface area contributed by atoms with Crippen molar-refractivity contribution in [3.8, 4) is 33.8 Å². The highest BCUT2D eigenvalue weighted by Crippen LogP contribution is 2.35. The van der Waals surface area contributed by atoms with Gasteiger partial charge in [-0.2, -0.15) is 0 Å². The van der Waals surface area contributed by atoms with E-state index in [2.05, 4.69) is 24.3 Å². The van der Waals surface area contributed by atoms with Crippen molar-refractivity contribution in [2.24, 2.45) is 0 Å². The van der Waals surface area contributed by atoms with Crippen molar-refractivity contribution in [2.75, 3.05) is 5.73 Å². The van der Waals surface area contributed by atoms with Gasteiger partial charge in [-0.05, 0) is 71.8 Å². The van der Waals surface area contributed by atoms with Crippen molar-refractivity contribution < 1.29 is 10.2 Å². The molecule has 0 aromatic heterocycles. The van der Waals surface area contributed by atoms with Gasteiger partial charge in [0.1, 0.15) is 11.5 Å². The number of aromatic hydroxyl groups is 2. The zero-order valence-corrected chi connectivity index (χ0v) is 14.1. The Morgan fingerprint density at radius 3 is 1.58 bits per heavy atom. The molecule has 122 valence electrons. The van der Waals surface area contributed by atoms with Gasteiger partial charge in [-0.25, -0.2) is 0 Å². The first kappa shape index (κ1) is 15.9. The lowest BCUT2D eigenvalue weighted by Gasteiger charge is -2.13. The molecule has 0 bridgehead atoms. The fourth-order valence-corrected chi connectivity index (χ4v) is 2.98. The molecular weight excluding hydrogens is 298 g/mol. The molecule has 0 atom stereocenters. The van der Waals surface area contributed by atoms with Gasteiger partial charge in [0, 0.05) is 0 Å². The van der Waals surface area contributed by atoms with Crippen molar-refractivity contribution in [2.45, 2.75) is 20.8 Å². The van der Waals surface area contributed by atoms with E-state index in [1.807, 2.05) is 32.9 Å². The van der Waals surface area contributed by atoms with Gasteiger partial charge in [-0.1, -0.05) is 36.4 Å². The summed E-state index contributed by atoms with van der Waals surface area (Å²) < 4.78 is 0. The van der Waals surface area contributed by atoms with Crippen LogP contribution in [-0.4, -0.2) is 10.2 Å². The van der Waals surface area contributed by atoms with E-state index in [-0.39, 0.29) is 5.75 Å². The molecule has 4 N–H and O–H groups in total. The van der Waals surface area contributed by atoms with Crippen molar-refractivity contribution in [1.82, 2.24) is 0 Å². The zero-order valence-electron chi connectivity index (χ0n) is 14.1. The lowest BCUT2D eigenvalue weighted by Crippen LogP contribution is -1.93. The normalized spacial score (nSPS) is 10.8. The van der Waals surface area contributed by atoms with Gasteiger partial charge in [-0.3, -0.25) is 0 Å². The highest BCUT2D eigenvalue weighted by Gasteiger charge is 2.10. The molecule has 0 aliphatic carbocycles. The third-order valence-corrected chi connectivity index (χ3v) is 4.76. The van der Waals surface area contributed by atoms with Crippen LogP contribution in [-0.2, 0) is 0 Å². The Hall–Kier alpha value is -2.94. The van der Waals surface area contributed by atoms with Crippen molar-refractivity contribution in [1.29, 1.82) is 0 Å². The Bertz CT molecular complexity index is 836. The highest BCUT2D eigenvalue weighted by molar-refractivity contribution is 5.78. The standard InChI is InChI=1S/C21H21NO2/c1-12-13(2)19(23)10-8-17(12)15-4-6-16(7-5-15)18-9-11-20(24)21(22)14(18)3/h4-11,23-24H,22H2,1-3H3. The molecule has 3 aromatic rings. The monoisotopic (exact) mass is 319 g/mol. The summed E-state index contributed by atoms with van der Waals surface area (Å²) in [5.74, 6) is 0.436. The van der Waals surface area contributed by atoms with Crippen molar-refractivity contribution >= 4 is 5.69 Å². The van der Waals surface area contributed by atoms with Crippen molar-refractivity contribution in [3.05, 3.63) is 65.2 Å². The van der Waals surface area contributed by atoms with E-state index < -0.39 is 0 Å². The summed E-state index contributed by atoms with van der Waals surface area (Å²) in [4.78, 5) is 0. The molecule has 0 radical (unpaired) electrons. The van der Waals surface area contributed by atoms with Crippen LogP contribution in [0.3, 0.4) is 0 Å². The van der Waals surface area contributed by atoms with Gasteiger partial charge in [0.15, 0.2) is 0 Å². The quantitative estimate of drug-likeness (QED) is 0.463. The first-order chi connectivity index (χ1) is 11.4. The summed E-state index contributed by atoms with van der Waals surface area (Å²) in [6.45, 7) is 5.85. The lowest BCUT2D eigenvalue weighted by molar-refractivity contribution is 0.470. The minimum atomic E-state index is 0.114. The van der Waals surface area contributed by atoms with E-state index in [0.717, 1.165) is 38.9 Å². The number of hydrogen-bond donors (Lipinski definition) is 3. The van der Waals surface area contributed by atoms with E-state index in [4.69, 9.17) is 5.73 Å². The van der Waals surface area contributed by atoms with Gasteiger partial charge < -0.3 is 15.9 Å². The maximum atomic E-state index is 9.81. The molecule has 0 unspecified atom stereocenters. The average molecular weight is 319 g/mol. The number of anilines is 1. The summed E-state index contributed by atoms with van der Waals surface area (Å²) in [6.07, 6.45) is 0. The van der Waals surface area contributed by atoms with E-state index in [0.29, 0.717) is 11.4 Å². The molecule has 24 heavy (non-hydrogen) atoms. The second kappa shape index (κ2) is 5.93. The topological polar surface area (TPSA) is 66.5 Å². The fourth-order valence-electron chi connectivity index (χ4n) is 2.98. The largest absolute Gasteiger partial charge is 0.508 e. The Morgan fingerprint density at radius 1 is 0.583 bits per heavy atom. The number of nitrogen functional groups attached to an aromatic ring is 1. The van der Waals surface area contributed by atoms with Crippen LogP contribution in [0.1, 0.15) is 16.7 Å². The molecule has 3 aromatic carbocycles. The molecule has 0 aliphatic rings. The average Bonchev–Trinajstić information content (AvgIpc) is 2.58. The summed E-state index contributed by atoms with van der Waals surface area (Å²) in [7, 11) is 0. The van der Waals surface area contributed by atoms with E-state index in [1.54, 1.807) is 12.1 Å². The first-order valence-corrected chi connectivity index (χ1v) is 7.88. The van der Waals surface area contributed by atoms with E-state index >= 15 is 0 Å². The SMILES string of the molecule is Cc1c(O)ccc(-c2ccc(-c3ccc(O)c(N)c3C)cc2)c1C. The fraction of sp³-hybridized carbons (Fsp3) is 0.143. The number of phenolic OH excluding ortho intramolecular Hbond substituents is 2. The third kappa shape index (κ3) is 2.58. The Morgan fingerprint density at radius 2 is 1.04 bits per heavy atom. The van der Waals surface area contributed by atoms with E-state index in [9.17, 15) is 10.2 Å². The molecule has 0 fully saturated rings. The van der Waals surface area contributed by atoms with Gasteiger partial charge >= 0.3 is 0 Å². The predicted octanol–water partition coefficient (Wildman–Crippen LogP) is 4.94. The summed E-state index contributed by atoms with van der Waals surface area (Å²) in [5, 5.41) is 19.5. The van der Waals surface area contributed by atoms with Crippen LogP contribution < -0.4 is 5.73 Å². The van der Waals surface area contributed by atoms with Crippen LogP contribution in [0.2, 0.25) is 0 Å². The third-order valence-electron chi connectivity index (χ3n) is 4.76. The second-order valence-electron chi connectivity index (χ2n) is 6.13. The van der Waals surface area contributed by atoms with Gasteiger partial charge in [0.2, 0.25) is 0 Å². The van der Waals surface area contributed by atoms with Gasteiger partial charge in [0.05, 0.1) is 5.69 Å². The number of benzene rings is 3. The van der Waals surface area contributed by atoms with Crippen LogP contribution in [0.15, 0.2) is 48.5 Å². The second-order valence-corrected chi connectivity index (χ2v) is 6.13. The van der Waals surface area contributed by atoms with Crippen LogP contribution in [0, 0.1) is 20.8 Å². The molecule has 0 heterocycles. The summed E-state index contributed by atoms with van der Waals surface area (Å²) in [5.41, 5.74) is 13.5. The smallest absolute Gasteiger partial charge is 0.138 e. The Labute approximate surface area is 142 Å². The van der Waals surface area contributed by atoms with Crippen LogP contribution >= 0.6 is 0 Å². The molecule has 3 nitrogen and oxygen atoms in total. The number of hydrogen-bond acceptors (Lipinski definition) is 3. The molecule has 0 amide bonds. The summed E-state index contributed by atoms with van der Waals surface area (Å²) in [6, 6.07) is 15.4. The maximum Gasteiger partial charge on any atom is 0.138 e. The Balaban J connectivity index is 2.04. The molecular formula is C21H21NO2. The number of phenols is 2. The molecule has 0 saturated carbocycles. The van der Waals surface area contributed by atoms with Crippen LogP contribution in [0.4, 0.5) is 5.69 Å². The number of nitrogens with two attached hydrogens (primary N) is 1. The molecule has 3 heteroatoms. The highest BCUT2D eigenvalue weighted by atomic mass is 16.3. The van der Waals surface area contributed by atoms with Gasteiger partial charge in [-0.15, -0.1) is 0 Å². The molecule has 0 spiro atoms. The zero-order chi connectivity index (χ0) is 17.4. The molecule has 0 aliphatic heterocycles. The lowest BCUT2D eigenvalue weighted by atomic mass is 9.93. The number of rotatable bonds is 2. The van der Waals surface area contributed by atoms with Crippen molar-refractivity contribution in [3.63, 3.8) is 0 Å². The predicted molar refractivity (Wildman–Crippen MR) is 99.3 cm³/mol. The van der Waals surface area contributed by atoms with Crippen LogP contribution in [0.25, 0.3) is 22.3 Å². The molecule has 3 rings (SSSR count). The Kier molecular flexibility index (Phi) is 3.94. The van der Waals surface area contributed by atoms with Gasteiger partial charge in [0.25, 0.3) is 0 Å².